The van der Waals surface area contributed by atoms with Gasteiger partial charge < -0.3 is 19.8 Å². The smallest absolute Gasteiger partial charge is 0.315 e. The van der Waals surface area contributed by atoms with E-state index >= 15 is 0 Å². The van der Waals surface area contributed by atoms with Gasteiger partial charge in [0, 0.05) is 43.2 Å². The molecular weight excluding hydrogens is 282 g/mol. The lowest BCUT2D eigenvalue weighted by Gasteiger charge is -2.12. The van der Waals surface area contributed by atoms with Crippen molar-refractivity contribution in [2.75, 3.05) is 13.2 Å². The summed E-state index contributed by atoms with van der Waals surface area (Å²) in [6.07, 6.45) is 9.03. The highest BCUT2D eigenvalue weighted by atomic mass is 16.5. The number of hydrogen-bond acceptors (Lipinski definition) is 4. The van der Waals surface area contributed by atoms with Crippen LogP contribution in [0.25, 0.3) is 11.1 Å². The molecule has 22 heavy (non-hydrogen) atoms. The fourth-order valence-corrected chi connectivity index (χ4v) is 2.43. The van der Waals surface area contributed by atoms with Crippen LogP contribution >= 0.6 is 0 Å². The molecule has 0 aromatic carbocycles. The van der Waals surface area contributed by atoms with Gasteiger partial charge >= 0.3 is 6.03 Å². The summed E-state index contributed by atoms with van der Waals surface area (Å²) in [5.74, 6) is 0. The molecule has 116 valence electrons. The lowest BCUT2D eigenvalue weighted by Crippen LogP contribution is -2.39. The number of rotatable bonds is 5. The summed E-state index contributed by atoms with van der Waals surface area (Å²) in [7, 11) is 0. The highest BCUT2D eigenvalue weighted by molar-refractivity contribution is 5.73. The maximum Gasteiger partial charge on any atom is 0.315 e. The molecule has 2 N–H and O–H groups in total. The number of furan rings is 1. The van der Waals surface area contributed by atoms with Crippen LogP contribution < -0.4 is 10.6 Å². The van der Waals surface area contributed by atoms with Gasteiger partial charge in [-0.15, -0.1) is 0 Å². The quantitative estimate of drug-likeness (QED) is 0.888. The first-order valence-corrected chi connectivity index (χ1v) is 7.41. The van der Waals surface area contributed by atoms with Crippen molar-refractivity contribution in [1.82, 2.24) is 15.6 Å². The highest BCUT2D eigenvalue weighted by Crippen LogP contribution is 2.19. The molecule has 6 heteroatoms. The molecule has 6 nitrogen and oxygen atoms in total. The van der Waals surface area contributed by atoms with Crippen LogP contribution in [0.1, 0.15) is 18.4 Å². The number of urea groups is 1. The summed E-state index contributed by atoms with van der Waals surface area (Å²) in [5.41, 5.74) is 2.87. The van der Waals surface area contributed by atoms with Crippen LogP contribution in [0, 0.1) is 0 Å². The molecule has 0 radical (unpaired) electrons. The summed E-state index contributed by atoms with van der Waals surface area (Å²) >= 11 is 0. The first-order valence-electron chi connectivity index (χ1n) is 7.41. The SMILES string of the molecule is O=C(NCc1cncc(-c2ccoc2)c1)NCC1CCCO1. The summed E-state index contributed by atoms with van der Waals surface area (Å²) in [5, 5.41) is 5.65. The van der Waals surface area contributed by atoms with E-state index in [4.69, 9.17) is 9.15 Å². The molecule has 0 aliphatic carbocycles. The lowest BCUT2D eigenvalue weighted by atomic mass is 10.1. The molecule has 2 amide bonds. The molecule has 2 aromatic heterocycles. The number of aromatic nitrogens is 1. The normalized spacial score (nSPS) is 17.4. The van der Waals surface area contributed by atoms with E-state index in [2.05, 4.69) is 15.6 Å². The molecule has 0 bridgehead atoms. The molecule has 1 saturated heterocycles. The van der Waals surface area contributed by atoms with Gasteiger partial charge in [0.05, 0.1) is 18.6 Å². The fraction of sp³-hybridized carbons (Fsp3) is 0.375. The van der Waals surface area contributed by atoms with Crippen LogP contribution in [0.4, 0.5) is 4.79 Å². The minimum absolute atomic E-state index is 0.150. The van der Waals surface area contributed by atoms with Crippen LogP contribution in [0.5, 0.6) is 0 Å². The molecule has 2 aromatic rings. The molecule has 1 unspecified atom stereocenters. The number of carbonyl (C=O) groups is 1. The zero-order valence-corrected chi connectivity index (χ0v) is 12.2. The van der Waals surface area contributed by atoms with Gasteiger partial charge in [0.2, 0.25) is 0 Å². The molecular formula is C16H19N3O3. The Morgan fingerprint density at radius 1 is 1.32 bits per heavy atom. The van der Waals surface area contributed by atoms with Gasteiger partial charge in [-0.05, 0) is 30.5 Å². The average Bonchev–Trinajstić information content (AvgIpc) is 3.24. The monoisotopic (exact) mass is 301 g/mol. The predicted molar refractivity (Wildman–Crippen MR) is 81.2 cm³/mol. The van der Waals surface area contributed by atoms with Gasteiger partial charge in [-0.2, -0.15) is 0 Å². The Kier molecular flexibility index (Phi) is 4.70. The van der Waals surface area contributed by atoms with Gasteiger partial charge in [0.25, 0.3) is 0 Å². The van der Waals surface area contributed by atoms with E-state index < -0.39 is 0 Å². The minimum Gasteiger partial charge on any atom is -0.472 e. The van der Waals surface area contributed by atoms with E-state index in [1.165, 1.54) is 0 Å². The second-order valence-electron chi connectivity index (χ2n) is 5.29. The maximum absolute atomic E-state index is 11.8. The highest BCUT2D eigenvalue weighted by Gasteiger charge is 2.15. The van der Waals surface area contributed by atoms with E-state index in [9.17, 15) is 4.79 Å². The number of amides is 2. The molecule has 1 atom stereocenters. The van der Waals surface area contributed by atoms with Gasteiger partial charge in [-0.1, -0.05) is 0 Å². The number of nitrogens with zero attached hydrogens (tertiary/aromatic N) is 1. The third-order valence-electron chi connectivity index (χ3n) is 3.62. The third-order valence-corrected chi connectivity index (χ3v) is 3.62. The zero-order chi connectivity index (χ0) is 15.2. The second-order valence-corrected chi connectivity index (χ2v) is 5.29. The molecule has 1 fully saturated rings. The van der Waals surface area contributed by atoms with Crippen LogP contribution in [0.3, 0.4) is 0 Å². The predicted octanol–water partition coefficient (Wildman–Crippen LogP) is 2.32. The Balaban J connectivity index is 1.48. The number of ether oxygens (including phenoxy) is 1. The Hall–Kier alpha value is -2.34. The topological polar surface area (TPSA) is 76.4 Å². The lowest BCUT2D eigenvalue weighted by molar-refractivity contribution is 0.111. The van der Waals surface area contributed by atoms with E-state index in [-0.39, 0.29) is 12.1 Å². The molecule has 0 spiro atoms. The van der Waals surface area contributed by atoms with Crippen molar-refractivity contribution in [2.45, 2.75) is 25.5 Å². The molecule has 1 aliphatic rings. The van der Waals surface area contributed by atoms with Crippen molar-refractivity contribution >= 4 is 6.03 Å². The molecule has 3 rings (SSSR count). The van der Waals surface area contributed by atoms with Gasteiger partial charge in [-0.3, -0.25) is 4.98 Å². The van der Waals surface area contributed by atoms with Crippen LogP contribution in [0.15, 0.2) is 41.5 Å². The van der Waals surface area contributed by atoms with E-state index in [0.29, 0.717) is 13.1 Å². The summed E-state index contributed by atoms with van der Waals surface area (Å²) < 4.78 is 10.5. The Morgan fingerprint density at radius 2 is 2.27 bits per heavy atom. The standard InChI is InChI=1S/C16H19N3O3/c20-16(19-10-15-2-1-4-22-15)18-8-12-6-14(9-17-7-12)13-3-5-21-11-13/h3,5-7,9,11,15H,1-2,4,8,10H2,(H2,18,19,20). The van der Waals surface area contributed by atoms with E-state index in [1.807, 2.05) is 12.1 Å². The second kappa shape index (κ2) is 7.09. The van der Waals surface area contributed by atoms with Crippen molar-refractivity contribution in [2.24, 2.45) is 0 Å². The van der Waals surface area contributed by atoms with Crippen molar-refractivity contribution in [1.29, 1.82) is 0 Å². The van der Waals surface area contributed by atoms with Crippen molar-refractivity contribution in [3.63, 3.8) is 0 Å². The van der Waals surface area contributed by atoms with Crippen molar-refractivity contribution in [3.05, 3.63) is 42.6 Å². The summed E-state index contributed by atoms with van der Waals surface area (Å²) in [6.45, 7) is 1.77. The van der Waals surface area contributed by atoms with Gasteiger partial charge in [0.1, 0.15) is 0 Å². The summed E-state index contributed by atoms with van der Waals surface area (Å²) in [4.78, 5) is 16.0. The van der Waals surface area contributed by atoms with Crippen LogP contribution in [0.2, 0.25) is 0 Å². The van der Waals surface area contributed by atoms with Crippen LogP contribution in [-0.2, 0) is 11.3 Å². The fourth-order valence-electron chi connectivity index (χ4n) is 2.43. The third kappa shape index (κ3) is 3.85. The first kappa shape index (κ1) is 14.6. The Labute approximate surface area is 128 Å². The maximum atomic E-state index is 11.8. The minimum atomic E-state index is -0.191. The Morgan fingerprint density at radius 3 is 3.05 bits per heavy atom. The number of carbonyl (C=O) groups excluding carboxylic acids is 1. The first-order chi connectivity index (χ1) is 10.8. The van der Waals surface area contributed by atoms with Gasteiger partial charge in [-0.25, -0.2) is 4.79 Å². The van der Waals surface area contributed by atoms with E-state index in [0.717, 1.165) is 36.1 Å². The molecule has 0 saturated carbocycles. The summed E-state index contributed by atoms with van der Waals surface area (Å²) in [6, 6.07) is 3.67. The number of pyridine rings is 1. The van der Waals surface area contributed by atoms with E-state index in [1.54, 1.807) is 24.9 Å². The molecule has 1 aliphatic heterocycles. The zero-order valence-electron chi connectivity index (χ0n) is 12.2. The number of nitrogens with one attached hydrogen (secondary N) is 2. The number of hydrogen-bond donors (Lipinski definition) is 2. The average molecular weight is 301 g/mol. The van der Waals surface area contributed by atoms with Crippen molar-refractivity contribution in [3.8, 4) is 11.1 Å². The molecule has 3 heterocycles. The van der Waals surface area contributed by atoms with Crippen LogP contribution in [-0.4, -0.2) is 30.3 Å². The Bertz CT molecular complexity index is 607. The largest absolute Gasteiger partial charge is 0.472 e. The van der Waals surface area contributed by atoms with Gasteiger partial charge in [0.15, 0.2) is 0 Å². The van der Waals surface area contributed by atoms with Crippen molar-refractivity contribution < 1.29 is 13.9 Å².